The molecule has 0 fully saturated rings. The number of Topliss-reactive ketones (excluding diaryl/α,β-unsaturated/α-hetero) is 1. The molecule has 1 rings (SSSR count). The average Bonchev–Trinajstić information content (AvgIpc) is 2.33. The van der Waals surface area contributed by atoms with E-state index in [4.69, 9.17) is 0 Å². The quantitative estimate of drug-likeness (QED) is 0.568. The second-order valence-corrected chi connectivity index (χ2v) is 2.58. The topological polar surface area (TPSA) is 17.1 Å². The van der Waals surface area contributed by atoms with Crippen LogP contribution in [0.25, 0.3) is 0 Å². The fourth-order valence-electron chi connectivity index (χ4n) is 1.26. The number of carbonyl (C=O) groups is 1. The Balaban J connectivity index is 2.71. The van der Waals surface area contributed by atoms with Crippen LogP contribution in [0.4, 0.5) is 0 Å². The lowest BCUT2D eigenvalue weighted by molar-refractivity contribution is -0.113. The summed E-state index contributed by atoms with van der Waals surface area (Å²) in [5.74, 6) is 0.592. The molecule has 1 heteroatoms. The van der Waals surface area contributed by atoms with Crippen LogP contribution in [0.15, 0.2) is 23.8 Å². The molecule has 0 spiro atoms. The Kier molecular flexibility index (Phi) is 2.05. The van der Waals surface area contributed by atoms with E-state index in [9.17, 15) is 4.79 Å². The molecule has 0 aromatic carbocycles. The van der Waals surface area contributed by atoms with Gasteiger partial charge in [-0.3, -0.25) is 4.79 Å². The SMILES string of the molecule is CCC1C=CC=C1C(C)=O. The van der Waals surface area contributed by atoms with Crippen LogP contribution in [0.2, 0.25) is 0 Å². The van der Waals surface area contributed by atoms with Crippen LogP contribution in [0.3, 0.4) is 0 Å². The summed E-state index contributed by atoms with van der Waals surface area (Å²) in [7, 11) is 0. The van der Waals surface area contributed by atoms with Crippen molar-refractivity contribution in [1.82, 2.24) is 0 Å². The summed E-state index contributed by atoms with van der Waals surface area (Å²) in [6, 6.07) is 0. The number of rotatable bonds is 2. The number of hydrogen-bond donors (Lipinski definition) is 0. The van der Waals surface area contributed by atoms with Gasteiger partial charge in [0.1, 0.15) is 0 Å². The molecule has 0 aromatic rings. The van der Waals surface area contributed by atoms with Crippen molar-refractivity contribution in [3.63, 3.8) is 0 Å². The molecule has 0 amide bonds. The standard InChI is InChI=1S/C9H12O/c1-3-8-5-4-6-9(8)7(2)10/h4-6,8H,3H2,1-2H3. The van der Waals surface area contributed by atoms with Gasteiger partial charge in [0.2, 0.25) is 0 Å². The van der Waals surface area contributed by atoms with Gasteiger partial charge in [-0.05, 0) is 13.3 Å². The van der Waals surface area contributed by atoms with Crippen molar-refractivity contribution in [3.05, 3.63) is 23.8 Å². The van der Waals surface area contributed by atoms with E-state index in [1.807, 2.05) is 12.2 Å². The zero-order chi connectivity index (χ0) is 7.56. The van der Waals surface area contributed by atoms with E-state index in [1.165, 1.54) is 0 Å². The summed E-state index contributed by atoms with van der Waals surface area (Å²) >= 11 is 0. The third-order valence-corrected chi connectivity index (χ3v) is 1.87. The van der Waals surface area contributed by atoms with Crippen molar-refractivity contribution < 1.29 is 4.79 Å². The van der Waals surface area contributed by atoms with E-state index in [1.54, 1.807) is 6.92 Å². The van der Waals surface area contributed by atoms with Crippen molar-refractivity contribution in [2.45, 2.75) is 20.3 Å². The maximum Gasteiger partial charge on any atom is 0.156 e. The van der Waals surface area contributed by atoms with Crippen LogP contribution in [-0.2, 0) is 4.79 Å². The molecule has 1 aliphatic rings. The molecule has 10 heavy (non-hydrogen) atoms. The molecule has 1 atom stereocenters. The Hall–Kier alpha value is -0.850. The minimum absolute atomic E-state index is 0.205. The molecule has 0 radical (unpaired) electrons. The monoisotopic (exact) mass is 136 g/mol. The highest BCUT2D eigenvalue weighted by Gasteiger charge is 2.15. The van der Waals surface area contributed by atoms with Crippen molar-refractivity contribution in [2.24, 2.45) is 5.92 Å². The Bertz CT molecular complexity index is 199. The molecule has 1 aliphatic carbocycles. The number of allylic oxidation sites excluding steroid dienone is 4. The lowest BCUT2D eigenvalue weighted by Gasteiger charge is -2.06. The van der Waals surface area contributed by atoms with E-state index >= 15 is 0 Å². The van der Waals surface area contributed by atoms with Gasteiger partial charge in [0.05, 0.1) is 0 Å². The Morgan fingerprint density at radius 1 is 1.70 bits per heavy atom. The van der Waals surface area contributed by atoms with Crippen LogP contribution in [0.1, 0.15) is 20.3 Å². The first-order chi connectivity index (χ1) is 4.75. The zero-order valence-corrected chi connectivity index (χ0v) is 6.42. The summed E-state index contributed by atoms with van der Waals surface area (Å²) < 4.78 is 0. The minimum Gasteiger partial charge on any atom is -0.295 e. The van der Waals surface area contributed by atoms with Crippen molar-refractivity contribution in [2.75, 3.05) is 0 Å². The molecular formula is C9H12O. The largest absolute Gasteiger partial charge is 0.295 e. The van der Waals surface area contributed by atoms with Crippen molar-refractivity contribution in [1.29, 1.82) is 0 Å². The first-order valence-electron chi connectivity index (χ1n) is 3.65. The Labute approximate surface area is 61.4 Å². The highest BCUT2D eigenvalue weighted by molar-refractivity contribution is 5.95. The number of hydrogen-bond acceptors (Lipinski definition) is 1. The number of ketones is 1. The van der Waals surface area contributed by atoms with E-state index in [0.717, 1.165) is 12.0 Å². The van der Waals surface area contributed by atoms with E-state index < -0.39 is 0 Å². The molecule has 0 heterocycles. The van der Waals surface area contributed by atoms with Gasteiger partial charge in [-0.1, -0.05) is 25.2 Å². The maximum atomic E-state index is 10.9. The van der Waals surface area contributed by atoms with Crippen LogP contribution in [0.5, 0.6) is 0 Å². The summed E-state index contributed by atoms with van der Waals surface area (Å²) in [5.41, 5.74) is 0.961. The lowest BCUT2D eigenvalue weighted by atomic mass is 9.97. The van der Waals surface area contributed by atoms with E-state index in [2.05, 4.69) is 13.0 Å². The van der Waals surface area contributed by atoms with Crippen LogP contribution < -0.4 is 0 Å². The van der Waals surface area contributed by atoms with Gasteiger partial charge >= 0.3 is 0 Å². The smallest absolute Gasteiger partial charge is 0.156 e. The molecule has 0 saturated carbocycles. The maximum absolute atomic E-state index is 10.9. The van der Waals surface area contributed by atoms with Gasteiger partial charge in [-0.15, -0.1) is 0 Å². The fourth-order valence-corrected chi connectivity index (χ4v) is 1.26. The van der Waals surface area contributed by atoms with Crippen LogP contribution in [0, 0.1) is 5.92 Å². The predicted octanol–water partition coefficient (Wildman–Crippen LogP) is 2.10. The third kappa shape index (κ3) is 1.18. The van der Waals surface area contributed by atoms with E-state index in [0.29, 0.717) is 5.92 Å². The van der Waals surface area contributed by atoms with Gasteiger partial charge in [0, 0.05) is 11.5 Å². The van der Waals surface area contributed by atoms with Crippen molar-refractivity contribution in [3.8, 4) is 0 Å². The van der Waals surface area contributed by atoms with Gasteiger partial charge in [0.15, 0.2) is 5.78 Å². The van der Waals surface area contributed by atoms with Gasteiger partial charge in [0.25, 0.3) is 0 Å². The Morgan fingerprint density at radius 2 is 2.40 bits per heavy atom. The summed E-state index contributed by atoms with van der Waals surface area (Å²) in [4.78, 5) is 10.9. The molecule has 0 aromatic heterocycles. The fraction of sp³-hybridized carbons (Fsp3) is 0.444. The highest BCUT2D eigenvalue weighted by Crippen LogP contribution is 2.22. The normalized spacial score (nSPS) is 23.0. The molecule has 54 valence electrons. The van der Waals surface area contributed by atoms with Gasteiger partial charge in [-0.25, -0.2) is 0 Å². The second kappa shape index (κ2) is 2.82. The Morgan fingerprint density at radius 3 is 2.80 bits per heavy atom. The summed E-state index contributed by atoms with van der Waals surface area (Å²) in [5, 5.41) is 0. The number of carbonyl (C=O) groups excluding carboxylic acids is 1. The lowest BCUT2D eigenvalue weighted by Crippen LogP contribution is -2.04. The minimum atomic E-state index is 0.205. The first-order valence-corrected chi connectivity index (χ1v) is 3.65. The van der Waals surface area contributed by atoms with Crippen molar-refractivity contribution >= 4 is 5.78 Å². The summed E-state index contributed by atoms with van der Waals surface area (Å²) in [6.45, 7) is 3.72. The molecule has 1 unspecified atom stereocenters. The third-order valence-electron chi connectivity index (χ3n) is 1.87. The molecule has 0 bridgehead atoms. The molecule has 0 saturated heterocycles. The first kappa shape index (κ1) is 7.26. The van der Waals surface area contributed by atoms with Crippen LogP contribution in [-0.4, -0.2) is 5.78 Å². The van der Waals surface area contributed by atoms with Crippen LogP contribution >= 0.6 is 0 Å². The van der Waals surface area contributed by atoms with E-state index in [-0.39, 0.29) is 5.78 Å². The highest BCUT2D eigenvalue weighted by atomic mass is 16.1. The summed E-state index contributed by atoms with van der Waals surface area (Å²) in [6.07, 6.45) is 6.99. The average molecular weight is 136 g/mol. The molecular weight excluding hydrogens is 124 g/mol. The molecule has 0 N–H and O–H groups in total. The predicted molar refractivity (Wildman–Crippen MR) is 41.7 cm³/mol. The molecule has 1 nitrogen and oxygen atoms in total. The van der Waals surface area contributed by atoms with Gasteiger partial charge in [-0.2, -0.15) is 0 Å². The molecule has 0 aliphatic heterocycles. The second-order valence-electron chi connectivity index (χ2n) is 2.58. The zero-order valence-electron chi connectivity index (χ0n) is 6.42. The van der Waals surface area contributed by atoms with Gasteiger partial charge < -0.3 is 0 Å².